The molecule has 4 heteroatoms. The van der Waals surface area contributed by atoms with Crippen LogP contribution >= 0.6 is 15.9 Å². The van der Waals surface area contributed by atoms with E-state index in [9.17, 15) is 4.39 Å². The lowest BCUT2D eigenvalue weighted by molar-refractivity contribution is 0.153. The largest absolute Gasteiger partial charge is 0.304 e. The van der Waals surface area contributed by atoms with Gasteiger partial charge in [-0.05, 0) is 54.0 Å². The molecule has 2 nitrogen and oxygen atoms in total. The van der Waals surface area contributed by atoms with Crippen LogP contribution in [0.3, 0.4) is 0 Å². The summed E-state index contributed by atoms with van der Waals surface area (Å²) in [5, 5.41) is 0. The standard InChI is InChI=1S/C14H20BrFN2/c1-17-8-10-18(11-9-17)7-3-5-12-4-2-6-13(15)14(12)16/h2,4,6H,3,5,7-11H2,1H3. The van der Waals surface area contributed by atoms with Gasteiger partial charge in [0.05, 0.1) is 4.47 Å². The third-order valence-corrected chi connectivity index (χ3v) is 4.16. The number of halogens is 2. The summed E-state index contributed by atoms with van der Waals surface area (Å²) in [7, 11) is 2.16. The number of piperazine rings is 1. The summed E-state index contributed by atoms with van der Waals surface area (Å²) in [6, 6.07) is 5.53. The zero-order valence-corrected chi connectivity index (χ0v) is 12.4. The molecule has 0 N–H and O–H groups in total. The molecule has 0 spiro atoms. The van der Waals surface area contributed by atoms with Gasteiger partial charge in [0.25, 0.3) is 0 Å². The van der Waals surface area contributed by atoms with Crippen molar-refractivity contribution in [3.63, 3.8) is 0 Å². The number of benzene rings is 1. The molecule has 0 amide bonds. The Balaban J connectivity index is 1.77. The molecule has 1 saturated heterocycles. The number of hydrogen-bond acceptors (Lipinski definition) is 2. The first-order valence-electron chi connectivity index (χ1n) is 6.50. The number of aryl methyl sites for hydroxylation is 1. The number of hydrogen-bond donors (Lipinski definition) is 0. The Kier molecular flexibility index (Phi) is 5.15. The van der Waals surface area contributed by atoms with Gasteiger partial charge in [-0.1, -0.05) is 12.1 Å². The Labute approximate surface area is 117 Å². The molecule has 1 aromatic carbocycles. The third-order valence-electron chi connectivity index (χ3n) is 3.55. The van der Waals surface area contributed by atoms with Crippen molar-refractivity contribution in [3.05, 3.63) is 34.1 Å². The van der Waals surface area contributed by atoms with Crippen molar-refractivity contribution in [1.82, 2.24) is 9.80 Å². The highest BCUT2D eigenvalue weighted by Gasteiger charge is 2.13. The molecule has 1 aliphatic heterocycles. The molecule has 0 aliphatic carbocycles. The summed E-state index contributed by atoms with van der Waals surface area (Å²) in [5.74, 6) is -0.101. The Bertz CT molecular complexity index is 389. The second-order valence-electron chi connectivity index (χ2n) is 4.96. The summed E-state index contributed by atoms with van der Waals surface area (Å²) in [6.45, 7) is 5.63. The van der Waals surface area contributed by atoms with Gasteiger partial charge >= 0.3 is 0 Å². The minimum Gasteiger partial charge on any atom is -0.304 e. The predicted octanol–water partition coefficient (Wildman–Crippen LogP) is 2.77. The van der Waals surface area contributed by atoms with Gasteiger partial charge < -0.3 is 9.80 Å². The second kappa shape index (κ2) is 6.64. The van der Waals surface area contributed by atoms with Gasteiger partial charge in [0.15, 0.2) is 0 Å². The van der Waals surface area contributed by atoms with Crippen molar-refractivity contribution in [3.8, 4) is 0 Å². The van der Waals surface area contributed by atoms with Crippen LogP contribution in [-0.2, 0) is 6.42 Å². The molecule has 1 aromatic rings. The molecule has 1 aliphatic rings. The molecule has 1 heterocycles. The van der Waals surface area contributed by atoms with Gasteiger partial charge in [0, 0.05) is 26.2 Å². The smallest absolute Gasteiger partial charge is 0.140 e. The number of rotatable bonds is 4. The van der Waals surface area contributed by atoms with Gasteiger partial charge in [-0.25, -0.2) is 4.39 Å². The summed E-state index contributed by atoms with van der Waals surface area (Å²) in [4.78, 5) is 4.82. The lowest BCUT2D eigenvalue weighted by atomic mass is 10.1. The fourth-order valence-corrected chi connectivity index (χ4v) is 2.71. The Morgan fingerprint density at radius 2 is 1.94 bits per heavy atom. The molecule has 0 bridgehead atoms. The van der Waals surface area contributed by atoms with E-state index in [4.69, 9.17) is 0 Å². The summed E-state index contributed by atoms with van der Waals surface area (Å²) in [5.41, 5.74) is 0.818. The van der Waals surface area contributed by atoms with Crippen molar-refractivity contribution >= 4 is 15.9 Å². The lowest BCUT2D eigenvalue weighted by Crippen LogP contribution is -2.44. The highest BCUT2D eigenvalue weighted by atomic mass is 79.9. The minimum atomic E-state index is -0.101. The van der Waals surface area contributed by atoms with Gasteiger partial charge in [-0.3, -0.25) is 0 Å². The SMILES string of the molecule is CN1CCN(CCCc2cccc(Br)c2F)CC1. The van der Waals surface area contributed by atoms with Crippen molar-refractivity contribution in [2.75, 3.05) is 39.8 Å². The fraction of sp³-hybridized carbons (Fsp3) is 0.571. The minimum absolute atomic E-state index is 0.101. The van der Waals surface area contributed by atoms with E-state index in [1.165, 1.54) is 0 Å². The Morgan fingerprint density at radius 3 is 2.67 bits per heavy atom. The van der Waals surface area contributed by atoms with Gasteiger partial charge in [-0.15, -0.1) is 0 Å². The van der Waals surface area contributed by atoms with E-state index >= 15 is 0 Å². The molecule has 0 aromatic heterocycles. The van der Waals surface area contributed by atoms with E-state index in [-0.39, 0.29) is 5.82 Å². The van der Waals surface area contributed by atoms with E-state index in [1.54, 1.807) is 6.07 Å². The zero-order chi connectivity index (χ0) is 13.0. The monoisotopic (exact) mass is 314 g/mol. The third kappa shape index (κ3) is 3.77. The molecule has 0 atom stereocenters. The first-order chi connectivity index (χ1) is 8.66. The van der Waals surface area contributed by atoms with Crippen LogP contribution in [-0.4, -0.2) is 49.6 Å². The predicted molar refractivity (Wildman–Crippen MR) is 76.4 cm³/mol. The molecular formula is C14H20BrFN2. The first-order valence-corrected chi connectivity index (χ1v) is 7.30. The van der Waals surface area contributed by atoms with Crippen LogP contribution in [0.1, 0.15) is 12.0 Å². The van der Waals surface area contributed by atoms with Gasteiger partial charge in [-0.2, -0.15) is 0 Å². The van der Waals surface area contributed by atoms with Crippen LogP contribution in [0.2, 0.25) is 0 Å². The maximum Gasteiger partial charge on any atom is 0.140 e. The molecule has 100 valence electrons. The van der Waals surface area contributed by atoms with Crippen molar-refractivity contribution in [2.45, 2.75) is 12.8 Å². The molecule has 0 saturated carbocycles. The van der Waals surface area contributed by atoms with Crippen LogP contribution in [0.4, 0.5) is 4.39 Å². The first kappa shape index (κ1) is 14.0. The highest BCUT2D eigenvalue weighted by Crippen LogP contribution is 2.19. The maximum absolute atomic E-state index is 13.8. The average molecular weight is 315 g/mol. The molecule has 1 fully saturated rings. The van der Waals surface area contributed by atoms with E-state index in [2.05, 4.69) is 32.8 Å². The van der Waals surface area contributed by atoms with E-state index < -0.39 is 0 Å². The topological polar surface area (TPSA) is 6.48 Å². The normalized spacial score (nSPS) is 18.2. The molecule has 18 heavy (non-hydrogen) atoms. The Hall–Kier alpha value is -0.450. The maximum atomic E-state index is 13.8. The summed E-state index contributed by atoms with van der Waals surface area (Å²) < 4.78 is 14.3. The van der Waals surface area contributed by atoms with Gasteiger partial charge in [0.1, 0.15) is 5.82 Å². The second-order valence-corrected chi connectivity index (χ2v) is 5.82. The number of likely N-dealkylation sites (N-methyl/N-ethyl adjacent to an activating group) is 1. The molecule has 0 radical (unpaired) electrons. The lowest BCUT2D eigenvalue weighted by Gasteiger charge is -2.32. The van der Waals surface area contributed by atoms with Crippen LogP contribution < -0.4 is 0 Å². The van der Waals surface area contributed by atoms with E-state index in [0.717, 1.165) is 51.1 Å². The quantitative estimate of drug-likeness (QED) is 0.843. The molecule has 0 unspecified atom stereocenters. The zero-order valence-electron chi connectivity index (χ0n) is 10.8. The molecular weight excluding hydrogens is 295 g/mol. The van der Waals surface area contributed by atoms with Crippen molar-refractivity contribution in [2.24, 2.45) is 0 Å². The Morgan fingerprint density at radius 1 is 1.22 bits per heavy atom. The number of nitrogens with zero attached hydrogens (tertiary/aromatic N) is 2. The van der Waals surface area contributed by atoms with E-state index in [0.29, 0.717) is 4.47 Å². The fourth-order valence-electron chi connectivity index (χ4n) is 2.31. The molecule has 2 rings (SSSR count). The average Bonchev–Trinajstić information content (AvgIpc) is 2.37. The van der Waals surface area contributed by atoms with E-state index in [1.807, 2.05) is 12.1 Å². The highest BCUT2D eigenvalue weighted by molar-refractivity contribution is 9.10. The summed E-state index contributed by atoms with van der Waals surface area (Å²) >= 11 is 3.23. The van der Waals surface area contributed by atoms with Crippen molar-refractivity contribution in [1.29, 1.82) is 0 Å². The van der Waals surface area contributed by atoms with Crippen LogP contribution in [0.25, 0.3) is 0 Å². The van der Waals surface area contributed by atoms with Crippen molar-refractivity contribution < 1.29 is 4.39 Å². The summed E-state index contributed by atoms with van der Waals surface area (Å²) in [6.07, 6.45) is 1.84. The van der Waals surface area contributed by atoms with Gasteiger partial charge in [0.2, 0.25) is 0 Å². The van der Waals surface area contributed by atoms with Crippen LogP contribution in [0.5, 0.6) is 0 Å². The van der Waals surface area contributed by atoms with Crippen LogP contribution in [0.15, 0.2) is 22.7 Å². The van der Waals surface area contributed by atoms with Crippen LogP contribution in [0, 0.1) is 5.82 Å².